The van der Waals surface area contributed by atoms with Gasteiger partial charge in [0.15, 0.2) is 17.3 Å². The zero-order valence-corrected chi connectivity index (χ0v) is 23.9. The molecule has 0 aromatic heterocycles. The number of carbonyl (C=O) groups excluding carboxylic acids is 2. The number of benzene rings is 1. The largest absolute Gasteiger partial charge is 0.507 e. The van der Waals surface area contributed by atoms with Crippen LogP contribution in [0, 0.1) is 23.2 Å². The van der Waals surface area contributed by atoms with E-state index in [1.54, 1.807) is 13.8 Å². The van der Waals surface area contributed by atoms with Gasteiger partial charge >= 0.3 is 5.97 Å². The third-order valence-corrected chi connectivity index (χ3v) is 9.52. The van der Waals surface area contributed by atoms with Gasteiger partial charge in [-0.2, -0.15) is 0 Å². The van der Waals surface area contributed by atoms with Gasteiger partial charge in [-0.25, -0.2) is 0 Å². The number of phenols is 2. The van der Waals surface area contributed by atoms with Crippen LogP contribution in [0.3, 0.4) is 0 Å². The van der Waals surface area contributed by atoms with Gasteiger partial charge < -0.3 is 29.5 Å². The number of aliphatic hydroxyl groups is 1. The third-order valence-electron chi connectivity index (χ3n) is 9.52. The van der Waals surface area contributed by atoms with Crippen molar-refractivity contribution in [3.8, 4) is 17.2 Å². The smallest absolute Gasteiger partial charge is 0.302 e. The van der Waals surface area contributed by atoms with Crippen LogP contribution in [0.4, 0.5) is 0 Å². The molecule has 2 aliphatic heterocycles. The van der Waals surface area contributed by atoms with Crippen molar-refractivity contribution in [2.45, 2.75) is 117 Å². The summed E-state index contributed by atoms with van der Waals surface area (Å²) >= 11 is 0. The second-order valence-corrected chi connectivity index (χ2v) is 12.7. The molecule has 3 N–H and O–H groups in total. The van der Waals surface area contributed by atoms with E-state index in [4.69, 9.17) is 14.2 Å². The second-order valence-electron chi connectivity index (χ2n) is 12.7. The van der Waals surface area contributed by atoms with Crippen LogP contribution in [0.5, 0.6) is 17.2 Å². The lowest BCUT2D eigenvalue weighted by Crippen LogP contribution is -2.63. The van der Waals surface area contributed by atoms with Crippen LogP contribution < -0.4 is 4.74 Å². The van der Waals surface area contributed by atoms with E-state index in [-0.39, 0.29) is 52.6 Å². The lowest BCUT2D eigenvalue weighted by atomic mass is 9.55. The average molecular weight is 533 g/mol. The molecule has 1 saturated carbocycles. The molecule has 4 rings (SSSR count). The zero-order chi connectivity index (χ0) is 28.3. The summed E-state index contributed by atoms with van der Waals surface area (Å²) in [6.45, 7) is 14.7. The Morgan fingerprint density at radius 1 is 1.29 bits per heavy atom. The molecule has 2 fully saturated rings. The van der Waals surface area contributed by atoms with Gasteiger partial charge in [-0.05, 0) is 51.0 Å². The van der Waals surface area contributed by atoms with Crippen molar-refractivity contribution in [1.82, 2.24) is 0 Å². The number of ether oxygens (including phenoxy) is 3. The summed E-state index contributed by atoms with van der Waals surface area (Å²) in [5.41, 5.74) is -1.16. The molecule has 212 valence electrons. The fourth-order valence-electron chi connectivity index (χ4n) is 6.99. The minimum Gasteiger partial charge on any atom is -0.507 e. The van der Waals surface area contributed by atoms with Crippen molar-refractivity contribution in [3.63, 3.8) is 0 Å². The van der Waals surface area contributed by atoms with Crippen molar-refractivity contribution in [2.75, 3.05) is 0 Å². The molecule has 8 heteroatoms. The normalized spacial score (nSPS) is 33.2. The molecule has 1 aliphatic carbocycles. The summed E-state index contributed by atoms with van der Waals surface area (Å²) < 4.78 is 18.4. The zero-order valence-electron chi connectivity index (χ0n) is 23.9. The van der Waals surface area contributed by atoms with E-state index in [1.165, 1.54) is 13.0 Å². The Morgan fingerprint density at radius 3 is 2.53 bits per heavy atom. The number of hydrogen-bond acceptors (Lipinski definition) is 8. The standard InChI is InChI=1S/C30H44O8/c1-9-14(2)26(36-17(5)31)16(4)18-13-19(32)22-25(34)23-27(38-28(22)24(18)33)15(3)12-21-30(23,8)11-10-20(37-21)29(6,7)35/h13-16,20-21,23,26-27,32-33,35H,9-12H2,1-8H3/t14-,15-,16-,20+,21+,23?,26+,27?,30-/m0/s1. The molecule has 9 atom stereocenters. The maximum absolute atomic E-state index is 14.1. The molecule has 1 saturated heterocycles. The van der Waals surface area contributed by atoms with Gasteiger partial charge in [-0.3, -0.25) is 9.59 Å². The molecule has 2 unspecified atom stereocenters. The highest BCUT2D eigenvalue weighted by Gasteiger charge is 2.61. The van der Waals surface area contributed by atoms with E-state index in [0.29, 0.717) is 24.8 Å². The first-order valence-electron chi connectivity index (χ1n) is 14.0. The monoisotopic (exact) mass is 532 g/mol. The highest BCUT2D eigenvalue weighted by molar-refractivity contribution is 6.05. The number of Topliss-reactive ketones (excluding diaryl/α,β-unsaturated/α-hetero) is 1. The molecule has 1 aromatic rings. The van der Waals surface area contributed by atoms with Crippen LogP contribution in [-0.2, 0) is 14.3 Å². The van der Waals surface area contributed by atoms with Crippen molar-refractivity contribution in [2.24, 2.45) is 23.2 Å². The summed E-state index contributed by atoms with van der Waals surface area (Å²) in [6, 6.07) is 1.41. The SMILES string of the molecule is CC[C@H](C)[C@@H](OC(C)=O)[C@@H](C)c1cc(O)c2c(c1O)OC1C(C2=O)[C@@]2(C)CC[C@H](C(C)(C)O)O[C@@H]2C[C@@H]1C. The predicted octanol–water partition coefficient (Wildman–Crippen LogP) is 5.10. The van der Waals surface area contributed by atoms with Crippen molar-refractivity contribution in [3.05, 3.63) is 17.2 Å². The number of hydrogen-bond donors (Lipinski definition) is 3. The molecular weight excluding hydrogens is 488 g/mol. The van der Waals surface area contributed by atoms with Gasteiger partial charge in [0.1, 0.15) is 23.5 Å². The first-order valence-corrected chi connectivity index (χ1v) is 14.0. The van der Waals surface area contributed by atoms with Crippen LogP contribution in [0.2, 0.25) is 0 Å². The Hall–Kier alpha value is -2.32. The minimum atomic E-state index is -0.989. The van der Waals surface area contributed by atoms with Gasteiger partial charge in [-0.15, -0.1) is 0 Å². The van der Waals surface area contributed by atoms with Crippen LogP contribution in [-0.4, -0.2) is 57.1 Å². The van der Waals surface area contributed by atoms with Crippen LogP contribution >= 0.6 is 0 Å². The number of ketones is 1. The Kier molecular flexibility index (Phi) is 7.56. The van der Waals surface area contributed by atoms with Crippen molar-refractivity contribution in [1.29, 1.82) is 0 Å². The first-order chi connectivity index (χ1) is 17.6. The quantitative estimate of drug-likeness (QED) is 0.342. The van der Waals surface area contributed by atoms with Gasteiger partial charge in [0.25, 0.3) is 0 Å². The van der Waals surface area contributed by atoms with E-state index in [0.717, 1.165) is 6.42 Å². The fraction of sp³-hybridized carbons (Fsp3) is 0.733. The molecule has 0 bridgehead atoms. The maximum atomic E-state index is 14.1. The van der Waals surface area contributed by atoms with Crippen molar-refractivity contribution < 1.29 is 39.1 Å². The lowest BCUT2D eigenvalue weighted by molar-refractivity contribution is -0.223. The second kappa shape index (κ2) is 10.0. The number of carbonyl (C=O) groups is 2. The molecule has 2 heterocycles. The van der Waals surface area contributed by atoms with E-state index in [9.17, 15) is 24.9 Å². The highest BCUT2D eigenvalue weighted by atomic mass is 16.5. The summed E-state index contributed by atoms with van der Waals surface area (Å²) in [5.74, 6) is -2.18. The molecule has 0 spiro atoms. The van der Waals surface area contributed by atoms with E-state index >= 15 is 0 Å². The first kappa shape index (κ1) is 28.7. The van der Waals surface area contributed by atoms with E-state index in [1.807, 2.05) is 34.6 Å². The number of fused-ring (bicyclic) bond motifs is 4. The summed E-state index contributed by atoms with van der Waals surface area (Å²) in [4.78, 5) is 25.9. The lowest BCUT2D eigenvalue weighted by Gasteiger charge is -2.57. The molecule has 8 nitrogen and oxygen atoms in total. The van der Waals surface area contributed by atoms with Crippen LogP contribution in [0.15, 0.2) is 6.07 Å². The predicted molar refractivity (Wildman–Crippen MR) is 142 cm³/mol. The molecular formula is C30H44O8. The Morgan fingerprint density at radius 2 is 1.95 bits per heavy atom. The molecule has 3 aliphatic rings. The Labute approximate surface area is 225 Å². The van der Waals surface area contributed by atoms with E-state index < -0.39 is 41.0 Å². The fourth-order valence-corrected chi connectivity index (χ4v) is 6.99. The van der Waals surface area contributed by atoms with Crippen LogP contribution in [0.1, 0.15) is 103 Å². The molecule has 0 radical (unpaired) electrons. The Bertz CT molecular complexity index is 1090. The minimum absolute atomic E-state index is 0.00354. The topological polar surface area (TPSA) is 123 Å². The van der Waals surface area contributed by atoms with Gasteiger partial charge in [-0.1, -0.05) is 41.0 Å². The number of esters is 1. The average Bonchev–Trinajstić information content (AvgIpc) is 2.83. The highest BCUT2D eigenvalue weighted by Crippen LogP contribution is 2.58. The van der Waals surface area contributed by atoms with Crippen molar-refractivity contribution >= 4 is 11.8 Å². The maximum Gasteiger partial charge on any atom is 0.302 e. The van der Waals surface area contributed by atoms with Gasteiger partial charge in [0, 0.05) is 23.8 Å². The summed E-state index contributed by atoms with van der Waals surface area (Å²) in [7, 11) is 0. The third kappa shape index (κ3) is 4.68. The summed E-state index contributed by atoms with van der Waals surface area (Å²) in [5, 5.41) is 33.1. The molecule has 1 aromatic carbocycles. The van der Waals surface area contributed by atoms with Gasteiger partial charge in [0.2, 0.25) is 0 Å². The molecule has 0 amide bonds. The molecule has 38 heavy (non-hydrogen) atoms. The summed E-state index contributed by atoms with van der Waals surface area (Å²) in [6.07, 6.45) is 1.10. The number of phenolic OH excluding ortho intramolecular Hbond substituents is 2. The van der Waals surface area contributed by atoms with E-state index in [2.05, 4.69) is 0 Å². The van der Waals surface area contributed by atoms with Gasteiger partial charge in [0.05, 0.1) is 23.7 Å². The number of aromatic hydroxyl groups is 2. The Balaban J connectivity index is 1.74. The van der Waals surface area contributed by atoms with Crippen LogP contribution in [0.25, 0.3) is 0 Å². The number of rotatable bonds is 6.